The number of hydrogen-bond donors (Lipinski definition) is 1. The molecule has 7 heteroatoms. The number of nitrogens with zero attached hydrogens (tertiary/aromatic N) is 2. The van der Waals surface area contributed by atoms with E-state index >= 15 is 0 Å². The van der Waals surface area contributed by atoms with Crippen LogP contribution in [0, 0.1) is 5.82 Å². The van der Waals surface area contributed by atoms with Gasteiger partial charge < -0.3 is 9.88 Å². The lowest BCUT2D eigenvalue weighted by atomic mass is 10.1. The minimum Gasteiger partial charge on any atom is -0.342 e. The second kappa shape index (κ2) is 7.98. The molecule has 1 aliphatic heterocycles. The van der Waals surface area contributed by atoms with Crippen LogP contribution in [0.1, 0.15) is 11.1 Å². The Balaban J connectivity index is 1.51. The Kier molecular flexibility index (Phi) is 4.99. The van der Waals surface area contributed by atoms with Gasteiger partial charge in [-0.2, -0.15) is 0 Å². The van der Waals surface area contributed by atoms with Crippen molar-refractivity contribution in [3.63, 3.8) is 0 Å². The summed E-state index contributed by atoms with van der Waals surface area (Å²) >= 11 is 5.91. The number of fused-ring (bicyclic) bond motifs is 1. The van der Waals surface area contributed by atoms with Crippen LogP contribution in [0.2, 0.25) is 5.02 Å². The van der Waals surface area contributed by atoms with Gasteiger partial charge in [0.25, 0.3) is 5.91 Å². The second-order valence-corrected chi connectivity index (χ2v) is 7.90. The van der Waals surface area contributed by atoms with Gasteiger partial charge in [-0.15, -0.1) is 0 Å². The first-order chi connectivity index (χ1) is 15.5. The number of amides is 3. The molecule has 0 aliphatic carbocycles. The minimum atomic E-state index is -0.515. The van der Waals surface area contributed by atoms with E-state index in [9.17, 15) is 14.0 Å². The largest absolute Gasteiger partial charge is 0.342 e. The van der Waals surface area contributed by atoms with Crippen LogP contribution in [0.15, 0.2) is 84.7 Å². The predicted molar refractivity (Wildman–Crippen MR) is 123 cm³/mol. The summed E-state index contributed by atoms with van der Waals surface area (Å²) in [7, 11) is 0. The number of aromatic nitrogens is 1. The van der Waals surface area contributed by atoms with Crippen molar-refractivity contribution in [1.82, 2.24) is 9.88 Å². The van der Waals surface area contributed by atoms with Gasteiger partial charge in [0.15, 0.2) is 0 Å². The van der Waals surface area contributed by atoms with Crippen LogP contribution in [-0.2, 0) is 11.3 Å². The molecule has 1 saturated heterocycles. The summed E-state index contributed by atoms with van der Waals surface area (Å²) in [5, 5.41) is 4.12. The SMILES string of the molecule is O=C1N/C(=C/c2cn(Cc3ccc(F)cc3)c3ccccc23)C(=O)N1c1ccc(Cl)cc1. The van der Waals surface area contributed by atoms with Gasteiger partial charge in [-0.3, -0.25) is 4.79 Å². The summed E-state index contributed by atoms with van der Waals surface area (Å²) in [6.07, 6.45) is 3.60. The van der Waals surface area contributed by atoms with E-state index in [-0.39, 0.29) is 11.5 Å². The molecular formula is C25H17ClFN3O2. The molecule has 1 aromatic heterocycles. The zero-order valence-corrected chi connectivity index (χ0v) is 17.5. The molecule has 4 aromatic rings. The van der Waals surface area contributed by atoms with E-state index in [1.807, 2.05) is 35.0 Å². The fourth-order valence-corrected chi connectivity index (χ4v) is 3.95. The van der Waals surface area contributed by atoms with Crippen molar-refractivity contribution in [2.24, 2.45) is 0 Å². The Morgan fingerprint density at radius 3 is 2.41 bits per heavy atom. The van der Waals surface area contributed by atoms with E-state index in [2.05, 4.69) is 5.32 Å². The van der Waals surface area contributed by atoms with Crippen LogP contribution in [0.3, 0.4) is 0 Å². The van der Waals surface area contributed by atoms with Crippen molar-refractivity contribution in [1.29, 1.82) is 0 Å². The molecule has 5 nitrogen and oxygen atoms in total. The molecule has 0 saturated carbocycles. The van der Waals surface area contributed by atoms with Gasteiger partial charge in [0.2, 0.25) is 0 Å². The van der Waals surface area contributed by atoms with Gasteiger partial charge in [-0.25, -0.2) is 14.1 Å². The smallest absolute Gasteiger partial charge is 0.333 e. The Labute approximate surface area is 188 Å². The Hall–Kier alpha value is -3.90. The topological polar surface area (TPSA) is 54.3 Å². The molecule has 0 unspecified atom stereocenters. The summed E-state index contributed by atoms with van der Waals surface area (Å²) < 4.78 is 15.3. The lowest BCUT2D eigenvalue weighted by Gasteiger charge is -2.11. The minimum absolute atomic E-state index is 0.189. The molecule has 158 valence electrons. The lowest BCUT2D eigenvalue weighted by molar-refractivity contribution is -0.113. The average molecular weight is 446 g/mol. The van der Waals surface area contributed by atoms with Crippen molar-refractivity contribution in [2.75, 3.05) is 4.90 Å². The summed E-state index contributed by atoms with van der Waals surface area (Å²) in [6.45, 7) is 0.543. The zero-order valence-electron chi connectivity index (χ0n) is 16.8. The number of urea groups is 1. The fraction of sp³-hybridized carbons (Fsp3) is 0.0400. The number of carbonyl (C=O) groups is 2. The number of halogens is 2. The first kappa shape index (κ1) is 20.0. The molecule has 1 aliphatic rings. The van der Waals surface area contributed by atoms with E-state index in [0.717, 1.165) is 26.9 Å². The molecule has 0 spiro atoms. The van der Waals surface area contributed by atoms with Crippen LogP contribution in [0.25, 0.3) is 17.0 Å². The number of carbonyl (C=O) groups excluding carboxylic acids is 2. The Morgan fingerprint density at radius 1 is 0.938 bits per heavy atom. The van der Waals surface area contributed by atoms with Gasteiger partial charge in [-0.05, 0) is 54.1 Å². The van der Waals surface area contributed by atoms with E-state index in [0.29, 0.717) is 17.3 Å². The molecule has 0 atom stereocenters. The third-order valence-electron chi connectivity index (χ3n) is 5.35. The molecule has 3 aromatic carbocycles. The summed E-state index contributed by atoms with van der Waals surface area (Å²) in [5.41, 5.74) is 3.35. The zero-order chi connectivity index (χ0) is 22.2. The van der Waals surface area contributed by atoms with Crippen LogP contribution in [0.5, 0.6) is 0 Å². The Bertz CT molecular complexity index is 1370. The van der Waals surface area contributed by atoms with Crippen LogP contribution in [-0.4, -0.2) is 16.5 Å². The number of anilines is 1. The summed E-state index contributed by atoms with van der Waals surface area (Å²) in [6, 6.07) is 20.1. The molecular weight excluding hydrogens is 429 g/mol. The normalized spacial score (nSPS) is 15.1. The van der Waals surface area contributed by atoms with E-state index in [1.165, 1.54) is 12.1 Å². The van der Waals surface area contributed by atoms with Gasteiger partial charge in [0.05, 0.1) is 5.69 Å². The second-order valence-electron chi connectivity index (χ2n) is 7.46. The van der Waals surface area contributed by atoms with Crippen molar-refractivity contribution >= 4 is 46.2 Å². The highest BCUT2D eigenvalue weighted by molar-refractivity contribution is 6.31. The standard InChI is InChI=1S/C25H17ClFN3O2/c26-18-7-11-20(12-8-18)30-24(31)22(28-25(30)32)13-17-15-29(23-4-2-1-3-21(17)23)14-16-5-9-19(27)10-6-16/h1-13,15H,14H2,(H,28,32)/b22-13+. The molecule has 2 heterocycles. The van der Waals surface area contributed by atoms with Crippen LogP contribution < -0.4 is 10.2 Å². The number of hydrogen-bond acceptors (Lipinski definition) is 2. The van der Waals surface area contributed by atoms with E-state index in [1.54, 1.807) is 42.5 Å². The van der Waals surface area contributed by atoms with Crippen LogP contribution in [0.4, 0.5) is 14.9 Å². The lowest BCUT2D eigenvalue weighted by Crippen LogP contribution is -2.30. The number of para-hydroxylation sites is 1. The molecule has 0 radical (unpaired) electrons. The number of benzene rings is 3. The van der Waals surface area contributed by atoms with Gasteiger partial charge in [-0.1, -0.05) is 41.9 Å². The molecule has 1 fully saturated rings. The third-order valence-corrected chi connectivity index (χ3v) is 5.60. The van der Waals surface area contributed by atoms with Gasteiger partial charge in [0.1, 0.15) is 11.5 Å². The van der Waals surface area contributed by atoms with E-state index < -0.39 is 11.9 Å². The van der Waals surface area contributed by atoms with Crippen molar-refractivity contribution in [3.05, 3.63) is 107 Å². The molecule has 1 N–H and O–H groups in total. The summed E-state index contributed by atoms with van der Waals surface area (Å²) in [4.78, 5) is 26.5. The summed E-state index contributed by atoms with van der Waals surface area (Å²) in [5.74, 6) is -0.718. The van der Waals surface area contributed by atoms with Crippen molar-refractivity contribution in [2.45, 2.75) is 6.54 Å². The molecule has 3 amide bonds. The number of nitrogens with one attached hydrogen (secondary N) is 1. The van der Waals surface area contributed by atoms with Crippen molar-refractivity contribution < 1.29 is 14.0 Å². The van der Waals surface area contributed by atoms with Gasteiger partial charge >= 0.3 is 6.03 Å². The number of imide groups is 1. The molecule has 0 bridgehead atoms. The maximum Gasteiger partial charge on any atom is 0.333 e. The van der Waals surface area contributed by atoms with Crippen LogP contribution >= 0.6 is 11.6 Å². The fourth-order valence-electron chi connectivity index (χ4n) is 3.82. The maximum atomic E-state index is 13.3. The van der Waals surface area contributed by atoms with Gasteiger partial charge in [0, 0.05) is 34.2 Å². The highest BCUT2D eigenvalue weighted by Gasteiger charge is 2.35. The highest BCUT2D eigenvalue weighted by Crippen LogP contribution is 2.27. The highest BCUT2D eigenvalue weighted by atomic mass is 35.5. The first-order valence-corrected chi connectivity index (χ1v) is 10.3. The first-order valence-electron chi connectivity index (χ1n) is 9.94. The third kappa shape index (κ3) is 3.65. The monoisotopic (exact) mass is 445 g/mol. The molecule has 5 rings (SSSR count). The quantitative estimate of drug-likeness (QED) is 0.329. The molecule has 32 heavy (non-hydrogen) atoms. The van der Waals surface area contributed by atoms with E-state index in [4.69, 9.17) is 11.6 Å². The maximum absolute atomic E-state index is 13.3. The van der Waals surface area contributed by atoms with Crippen molar-refractivity contribution in [3.8, 4) is 0 Å². The average Bonchev–Trinajstić information content (AvgIpc) is 3.27. The Morgan fingerprint density at radius 2 is 1.66 bits per heavy atom. The predicted octanol–water partition coefficient (Wildman–Crippen LogP) is 5.58. The number of rotatable bonds is 4.